The lowest BCUT2D eigenvalue weighted by atomic mass is 10.0. The minimum atomic E-state index is 0.980. The number of hydrogen-bond donors (Lipinski definition) is 0. The van der Waals surface area contributed by atoms with E-state index >= 15 is 0 Å². The number of fused-ring (bicyclic) bond motifs is 3. The highest BCUT2D eigenvalue weighted by Gasteiger charge is 2.25. The third kappa shape index (κ3) is 2.11. The lowest BCUT2D eigenvalue weighted by Gasteiger charge is -2.21. The van der Waals surface area contributed by atoms with Crippen molar-refractivity contribution in [3.8, 4) is 28.3 Å². The van der Waals surface area contributed by atoms with Crippen molar-refractivity contribution >= 4 is 0 Å². The smallest absolute Gasteiger partial charge is 0.153 e. The molecule has 118 valence electrons. The van der Waals surface area contributed by atoms with Crippen LogP contribution >= 0.6 is 0 Å². The van der Waals surface area contributed by atoms with Gasteiger partial charge in [-0.1, -0.05) is 31.2 Å². The summed E-state index contributed by atoms with van der Waals surface area (Å²) >= 11 is 0. The molecule has 0 fully saturated rings. The summed E-state index contributed by atoms with van der Waals surface area (Å²) in [5, 5.41) is 0. The Labute approximate surface area is 137 Å². The summed E-state index contributed by atoms with van der Waals surface area (Å²) in [4.78, 5) is 0. The van der Waals surface area contributed by atoms with Crippen LogP contribution in [-0.2, 0) is 19.5 Å². The van der Waals surface area contributed by atoms with E-state index in [1.807, 2.05) is 0 Å². The Bertz CT molecular complexity index is 853. The maximum atomic E-state index is 5.83. The van der Waals surface area contributed by atoms with Gasteiger partial charge in [-0.3, -0.25) is 0 Å². The van der Waals surface area contributed by atoms with E-state index in [1.165, 1.54) is 33.8 Å². The maximum Gasteiger partial charge on any atom is 0.153 e. The molecule has 4 rings (SSSR count). The Balaban J connectivity index is 1.89. The number of methoxy groups -OCH3 is 1. The highest BCUT2D eigenvalue weighted by molar-refractivity contribution is 5.81. The summed E-state index contributed by atoms with van der Waals surface area (Å²) in [6.45, 7) is 6.36. The van der Waals surface area contributed by atoms with Crippen molar-refractivity contribution in [3.63, 3.8) is 0 Å². The molecular weight excluding hydrogens is 284 g/mol. The Morgan fingerprint density at radius 2 is 1.83 bits per heavy atom. The molecule has 3 nitrogen and oxygen atoms in total. The van der Waals surface area contributed by atoms with E-state index in [1.54, 1.807) is 7.11 Å². The first kappa shape index (κ1) is 14.2. The van der Waals surface area contributed by atoms with Crippen LogP contribution in [0.4, 0.5) is 0 Å². The highest BCUT2D eigenvalue weighted by atomic mass is 16.5. The molecule has 0 bridgehead atoms. The first-order valence-electron chi connectivity index (χ1n) is 8.26. The number of benzene rings is 1. The van der Waals surface area contributed by atoms with Crippen molar-refractivity contribution < 1.29 is 4.74 Å². The second-order valence-electron chi connectivity index (χ2n) is 6.18. The Morgan fingerprint density at radius 3 is 2.52 bits per heavy atom. The van der Waals surface area contributed by atoms with E-state index in [0.717, 1.165) is 25.3 Å². The molecule has 0 aliphatic carbocycles. The molecule has 0 radical (unpaired) electrons. The summed E-state index contributed by atoms with van der Waals surface area (Å²) < 4.78 is 10.5. The van der Waals surface area contributed by atoms with Crippen molar-refractivity contribution in [3.05, 3.63) is 53.9 Å². The number of rotatable bonds is 3. The zero-order chi connectivity index (χ0) is 16.0. The molecule has 3 heterocycles. The van der Waals surface area contributed by atoms with E-state index in [0.29, 0.717) is 0 Å². The molecule has 0 saturated carbocycles. The van der Waals surface area contributed by atoms with Crippen LogP contribution in [0.15, 0.2) is 42.6 Å². The van der Waals surface area contributed by atoms with Gasteiger partial charge in [-0.25, -0.2) is 0 Å². The topological polar surface area (TPSA) is 19.1 Å². The quantitative estimate of drug-likeness (QED) is 0.696. The highest BCUT2D eigenvalue weighted by Crippen LogP contribution is 2.43. The third-order valence-corrected chi connectivity index (χ3v) is 4.92. The average Bonchev–Trinajstić information content (AvgIpc) is 3.15. The second-order valence-corrected chi connectivity index (χ2v) is 6.18. The normalized spacial score (nSPS) is 12.8. The molecule has 1 aliphatic heterocycles. The van der Waals surface area contributed by atoms with Gasteiger partial charge in [-0.15, -0.1) is 0 Å². The predicted molar refractivity (Wildman–Crippen MR) is 94.0 cm³/mol. The van der Waals surface area contributed by atoms with Gasteiger partial charge in [0.25, 0.3) is 0 Å². The van der Waals surface area contributed by atoms with Crippen LogP contribution in [0.2, 0.25) is 0 Å². The van der Waals surface area contributed by atoms with Gasteiger partial charge in [0, 0.05) is 30.5 Å². The average molecular weight is 306 g/mol. The van der Waals surface area contributed by atoms with Gasteiger partial charge in [0.05, 0.1) is 12.8 Å². The monoisotopic (exact) mass is 306 g/mol. The molecule has 0 atom stereocenters. The van der Waals surface area contributed by atoms with Gasteiger partial charge >= 0.3 is 0 Å². The summed E-state index contributed by atoms with van der Waals surface area (Å²) in [5.74, 6) is 0.980. The molecule has 3 heteroatoms. The van der Waals surface area contributed by atoms with Crippen LogP contribution in [0.1, 0.15) is 18.2 Å². The minimum absolute atomic E-state index is 0.980. The summed E-state index contributed by atoms with van der Waals surface area (Å²) in [6, 6.07) is 13.2. The lowest BCUT2D eigenvalue weighted by Crippen LogP contribution is -2.16. The fraction of sp³-hybridized carbons (Fsp3) is 0.300. The van der Waals surface area contributed by atoms with Crippen molar-refractivity contribution in [2.45, 2.75) is 33.4 Å². The number of aryl methyl sites for hydroxylation is 3. The summed E-state index contributed by atoms with van der Waals surface area (Å²) in [6.07, 6.45) is 3.30. The molecule has 0 saturated heterocycles. The second kappa shape index (κ2) is 5.34. The fourth-order valence-corrected chi connectivity index (χ4v) is 3.59. The van der Waals surface area contributed by atoms with Gasteiger partial charge in [0.2, 0.25) is 0 Å². The van der Waals surface area contributed by atoms with Crippen LogP contribution in [0.25, 0.3) is 22.5 Å². The molecule has 3 aromatic rings. The largest absolute Gasteiger partial charge is 0.494 e. The molecule has 1 aromatic carbocycles. The summed E-state index contributed by atoms with van der Waals surface area (Å²) in [7, 11) is 1.77. The van der Waals surface area contributed by atoms with Crippen LogP contribution in [-0.4, -0.2) is 16.2 Å². The maximum absolute atomic E-state index is 5.83. The lowest BCUT2D eigenvalue weighted by molar-refractivity contribution is 0.414. The molecule has 0 amide bonds. The van der Waals surface area contributed by atoms with Crippen LogP contribution in [0.3, 0.4) is 0 Å². The van der Waals surface area contributed by atoms with Crippen molar-refractivity contribution in [1.29, 1.82) is 0 Å². The zero-order valence-electron chi connectivity index (χ0n) is 14.0. The molecule has 0 unspecified atom stereocenters. The van der Waals surface area contributed by atoms with Crippen LogP contribution < -0.4 is 4.74 Å². The fourth-order valence-electron chi connectivity index (χ4n) is 3.59. The summed E-state index contributed by atoms with van der Waals surface area (Å²) in [5.41, 5.74) is 7.52. The first-order chi connectivity index (χ1) is 11.2. The molecule has 23 heavy (non-hydrogen) atoms. The predicted octanol–water partition coefficient (Wildman–Crippen LogP) is 4.52. The van der Waals surface area contributed by atoms with Gasteiger partial charge in [0.1, 0.15) is 5.69 Å². The standard InChI is InChI=1S/C20H22N2O/c1-4-15-6-8-16(9-7-15)17-13-21-11-12-22-14(2)5-10-18(22)19(21)20(17)23-3/h5-10,13H,4,11-12H2,1-3H3. The number of nitrogens with zero attached hydrogens (tertiary/aromatic N) is 2. The molecule has 1 aliphatic rings. The van der Waals surface area contributed by atoms with E-state index in [2.05, 4.69) is 65.6 Å². The van der Waals surface area contributed by atoms with E-state index in [4.69, 9.17) is 4.74 Å². The Morgan fingerprint density at radius 1 is 1.04 bits per heavy atom. The van der Waals surface area contributed by atoms with Gasteiger partial charge in [0.15, 0.2) is 5.75 Å². The SMILES string of the molecule is CCc1ccc(-c2cn3c(c2OC)-c2ccc(C)n2CC3)cc1. The first-order valence-corrected chi connectivity index (χ1v) is 8.26. The third-order valence-electron chi connectivity index (χ3n) is 4.92. The molecule has 0 spiro atoms. The number of aromatic nitrogens is 2. The molecule has 0 N–H and O–H groups in total. The van der Waals surface area contributed by atoms with E-state index < -0.39 is 0 Å². The molecule has 2 aromatic heterocycles. The zero-order valence-corrected chi connectivity index (χ0v) is 14.0. The van der Waals surface area contributed by atoms with E-state index in [9.17, 15) is 0 Å². The van der Waals surface area contributed by atoms with Crippen molar-refractivity contribution in [1.82, 2.24) is 9.13 Å². The molecular formula is C20H22N2O. The van der Waals surface area contributed by atoms with E-state index in [-0.39, 0.29) is 0 Å². The van der Waals surface area contributed by atoms with Gasteiger partial charge < -0.3 is 13.9 Å². The van der Waals surface area contributed by atoms with Crippen LogP contribution in [0.5, 0.6) is 5.75 Å². The van der Waals surface area contributed by atoms with Gasteiger partial charge in [-0.2, -0.15) is 0 Å². The minimum Gasteiger partial charge on any atom is -0.494 e. The van der Waals surface area contributed by atoms with Gasteiger partial charge in [-0.05, 0) is 36.6 Å². The Kier molecular flexibility index (Phi) is 3.29. The Hall–Kier alpha value is -2.42. The number of ether oxygens (including phenoxy) is 1. The van der Waals surface area contributed by atoms with Crippen molar-refractivity contribution in [2.75, 3.05) is 7.11 Å². The number of hydrogen-bond acceptors (Lipinski definition) is 1. The van der Waals surface area contributed by atoms with Crippen molar-refractivity contribution in [2.24, 2.45) is 0 Å². The van der Waals surface area contributed by atoms with Crippen LogP contribution in [0, 0.1) is 6.92 Å².